The summed E-state index contributed by atoms with van der Waals surface area (Å²) < 4.78 is 7.18. The number of fused-ring (bicyclic) bond motifs is 1. The van der Waals surface area contributed by atoms with Crippen molar-refractivity contribution < 1.29 is 9.53 Å². The second kappa shape index (κ2) is 8.09. The number of hydrogen-bond acceptors (Lipinski definition) is 4. The number of imidazole rings is 1. The van der Waals surface area contributed by atoms with E-state index in [1.54, 1.807) is 18.3 Å². The number of hydrogen-bond donors (Lipinski definition) is 1. The fourth-order valence-electron chi connectivity index (χ4n) is 4.26. The van der Waals surface area contributed by atoms with Crippen LogP contribution in [0.15, 0.2) is 85.6 Å². The van der Waals surface area contributed by atoms with Crippen molar-refractivity contribution in [3.8, 4) is 22.5 Å². The first-order valence-electron chi connectivity index (χ1n) is 10.8. The van der Waals surface area contributed by atoms with Crippen molar-refractivity contribution in [2.45, 2.75) is 24.8 Å². The fourth-order valence-corrected chi connectivity index (χ4v) is 4.26. The van der Waals surface area contributed by atoms with Crippen molar-refractivity contribution in [2.75, 3.05) is 6.61 Å². The summed E-state index contributed by atoms with van der Waals surface area (Å²) in [6.45, 7) is 3.77. The molecule has 0 atom stereocenters. The van der Waals surface area contributed by atoms with Gasteiger partial charge in [-0.15, -0.1) is 0 Å². The molecule has 5 nitrogen and oxygen atoms in total. The van der Waals surface area contributed by atoms with Gasteiger partial charge in [0.2, 0.25) is 0 Å². The highest BCUT2D eigenvalue weighted by atomic mass is 16.5. The predicted octanol–water partition coefficient (Wildman–Crippen LogP) is 5.35. The first-order valence-corrected chi connectivity index (χ1v) is 10.8. The van der Waals surface area contributed by atoms with Crippen LogP contribution in [-0.2, 0) is 10.3 Å². The smallest absolute Gasteiger partial charge is 0.339 e. The molecule has 0 unspecified atom stereocenters. The van der Waals surface area contributed by atoms with Crippen LogP contribution < -0.4 is 5.73 Å². The van der Waals surface area contributed by atoms with E-state index >= 15 is 0 Å². The lowest BCUT2D eigenvalue weighted by molar-refractivity contribution is 0.0549. The monoisotopic (exact) mass is 423 g/mol. The van der Waals surface area contributed by atoms with Gasteiger partial charge in [-0.25, -0.2) is 9.78 Å². The lowest BCUT2D eigenvalue weighted by atomic mass is 9.72. The molecule has 1 saturated carbocycles. The number of nitrogens with two attached hydrogens (primary N) is 1. The highest BCUT2D eigenvalue weighted by Crippen LogP contribution is 2.40. The van der Waals surface area contributed by atoms with Gasteiger partial charge in [-0.1, -0.05) is 67.3 Å². The van der Waals surface area contributed by atoms with E-state index in [0.717, 1.165) is 41.0 Å². The SMILES string of the molecule is C=CCOC(=O)c1ccc2nc(-c3ccc(C4(N)CCC4)cc3)c(-c3ccccc3)n2c1. The number of rotatable bonds is 6. The molecule has 4 aromatic rings. The van der Waals surface area contributed by atoms with Crippen LogP contribution in [0.4, 0.5) is 0 Å². The van der Waals surface area contributed by atoms with Gasteiger partial charge in [0.15, 0.2) is 0 Å². The summed E-state index contributed by atoms with van der Waals surface area (Å²) in [7, 11) is 0. The van der Waals surface area contributed by atoms with Crippen LogP contribution in [-0.4, -0.2) is 22.0 Å². The molecule has 160 valence electrons. The largest absolute Gasteiger partial charge is 0.458 e. The average molecular weight is 424 g/mol. The molecule has 0 amide bonds. The number of aromatic nitrogens is 2. The zero-order chi connectivity index (χ0) is 22.1. The number of nitrogens with zero attached hydrogens (tertiary/aromatic N) is 2. The highest BCUT2D eigenvalue weighted by molar-refractivity contribution is 5.90. The minimum absolute atomic E-state index is 0.173. The van der Waals surface area contributed by atoms with Crippen LogP contribution in [0.25, 0.3) is 28.2 Å². The van der Waals surface area contributed by atoms with Crippen LogP contribution in [0.1, 0.15) is 35.2 Å². The second-order valence-corrected chi connectivity index (χ2v) is 8.30. The Hall–Kier alpha value is -3.70. The Morgan fingerprint density at radius 2 is 1.81 bits per heavy atom. The number of pyridine rings is 1. The topological polar surface area (TPSA) is 69.6 Å². The van der Waals surface area contributed by atoms with E-state index in [0.29, 0.717) is 5.56 Å². The molecule has 0 spiro atoms. The Labute approximate surface area is 187 Å². The van der Waals surface area contributed by atoms with E-state index in [2.05, 4.69) is 30.8 Å². The number of carbonyl (C=O) groups excluding carboxylic acids is 1. The van der Waals surface area contributed by atoms with Gasteiger partial charge in [0.1, 0.15) is 12.3 Å². The normalized spacial score (nSPS) is 14.7. The molecule has 0 radical (unpaired) electrons. The molecule has 5 rings (SSSR count). The van der Waals surface area contributed by atoms with Gasteiger partial charge < -0.3 is 10.5 Å². The minimum Gasteiger partial charge on any atom is -0.458 e. The van der Waals surface area contributed by atoms with E-state index in [9.17, 15) is 4.79 Å². The second-order valence-electron chi connectivity index (χ2n) is 8.30. The molecule has 32 heavy (non-hydrogen) atoms. The van der Waals surface area contributed by atoms with Crippen molar-refractivity contribution in [1.29, 1.82) is 0 Å². The van der Waals surface area contributed by atoms with Crippen LogP contribution in [0.5, 0.6) is 0 Å². The molecule has 1 fully saturated rings. The number of esters is 1. The molecule has 1 aliphatic rings. The molecule has 5 heteroatoms. The number of ether oxygens (including phenoxy) is 1. The Kier molecular flexibility index (Phi) is 5.11. The number of carbonyl (C=O) groups is 1. The maximum absolute atomic E-state index is 12.4. The molecule has 2 aromatic carbocycles. The standard InChI is InChI=1S/C27H25N3O2/c1-2-17-32-26(31)21-11-14-23-29-24(25(30(23)18-21)20-7-4-3-5-8-20)19-9-12-22(13-10-19)27(28)15-6-16-27/h2-5,7-14,18H,1,6,15-17,28H2. The van der Waals surface area contributed by atoms with E-state index < -0.39 is 0 Å². The van der Waals surface area contributed by atoms with E-state index in [1.807, 2.05) is 40.8 Å². The zero-order valence-electron chi connectivity index (χ0n) is 17.8. The van der Waals surface area contributed by atoms with Crippen LogP contribution in [0, 0.1) is 0 Å². The third-order valence-corrected chi connectivity index (χ3v) is 6.21. The summed E-state index contributed by atoms with van der Waals surface area (Å²) in [4.78, 5) is 17.3. The lowest BCUT2D eigenvalue weighted by Gasteiger charge is -2.38. The maximum atomic E-state index is 12.4. The lowest BCUT2D eigenvalue weighted by Crippen LogP contribution is -2.43. The molecule has 0 bridgehead atoms. The van der Waals surface area contributed by atoms with E-state index in [1.165, 1.54) is 12.0 Å². The van der Waals surface area contributed by atoms with Gasteiger partial charge in [0.05, 0.1) is 17.0 Å². The fraction of sp³-hybridized carbons (Fsp3) is 0.185. The third kappa shape index (κ3) is 3.51. The van der Waals surface area contributed by atoms with Crippen LogP contribution >= 0.6 is 0 Å². The molecule has 0 saturated heterocycles. The number of benzene rings is 2. The summed E-state index contributed by atoms with van der Waals surface area (Å²) in [6.07, 6.45) is 6.58. The molecule has 2 aromatic heterocycles. The zero-order valence-corrected chi connectivity index (χ0v) is 17.8. The van der Waals surface area contributed by atoms with Crippen molar-refractivity contribution in [1.82, 2.24) is 9.38 Å². The molecule has 1 aliphatic carbocycles. The Morgan fingerprint density at radius 3 is 2.47 bits per heavy atom. The predicted molar refractivity (Wildman–Crippen MR) is 126 cm³/mol. The van der Waals surface area contributed by atoms with Crippen LogP contribution in [0.3, 0.4) is 0 Å². The quantitative estimate of drug-likeness (QED) is 0.335. The molecule has 2 N–H and O–H groups in total. The highest BCUT2D eigenvalue weighted by Gasteiger charge is 2.34. The Bertz CT molecular complexity index is 1290. The Morgan fingerprint density at radius 1 is 1.06 bits per heavy atom. The van der Waals surface area contributed by atoms with E-state index in [-0.39, 0.29) is 18.1 Å². The molecule has 2 heterocycles. The van der Waals surface area contributed by atoms with Crippen molar-refractivity contribution >= 4 is 11.6 Å². The summed E-state index contributed by atoms with van der Waals surface area (Å²) in [5.74, 6) is -0.390. The Balaban J connectivity index is 1.63. The van der Waals surface area contributed by atoms with Gasteiger partial charge in [0, 0.05) is 22.9 Å². The summed E-state index contributed by atoms with van der Waals surface area (Å²) >= 11 is 0. The molecular weight excluding hydrogens is 398 g/mol. The van der Waals surface area contributed by atoms with E-state index in [4.69, 9.17) is 15.5 Å². The molecule has 0 aliphatic heterocycles. The van der Waals surface area contributed by atoms with Gasteiger partial charge in [-0.3, -0.25) is 4.40 Å². The minimum atomic E-state index is -0.390. The van der Waals surface area contributed by atoms with Crippen molar-refractivity contribution in [3.05, 3.63) is 96.7 Å². The summed E-state index contributed by atoms with van der Waals surface area (Å²) in [6, 6.07) is 22.1. The van der Waals surface area contributed by atoms with Gasteiger partial charge in [-0.05, 0) is 37.0 Å². The van der Waals surface area contributed by atoms with Gasteiger partial charge >= 0.3 is 5.97 Å². The maximum Gasteiger partial charge on any atom is 0.339 e. The average Bonchev–Trinajstić information content (AvgIpc) is 3.20. The first kappa shape index (κ1) is 20.2. The first-order chi connectivity index (χ1) is 15.6. The van der Waals surface area contributed by atoms with Gasteiger partial charge in [-0.2, -0.15) is 0 Å². The van der Waals surface area contributed by atoms with Crippen LogP contribution in [0.2, 0.25) is 0 Å². The van der Waals surface area contributed by atoms with Crippen molar-refractivity contribution in [3.63, 3.8) is 0 Å². The summed E-state index contributed by atoms with van der Waals surface area (Å²) in [5.41, 5.74) is 12.5. The van der Waals surface area contributed by atoms with Gasteiger partial charge in [0.25, 0.3) is 0 Å². The summed E-state index contributed by atoms with van der Waals surface area (Å²) in [5, 5.41) is 0. The molecular formula is C27H25N3O2. The van der Waals surface area contributed by atoms with Crippen molar-refractivity contribution in [2.24, 2.45) is 5.73 Å². The third-order valence-electron chi connectivity index (χ3n) is 6.21.